The lowest BCUT2D eigenvalue weighted by molar-refractivity contribution is 0.201. The molecule has 2 N–H and O–H groups in total. The maximum absolute atomic E-state index is 5.99. The van der Waals surface area contributed by atoms with Gasteiger partial charge in [-0.05, 0) is 19.4 Å². The second-order valence-corrected chi connectivity index (χ2v) is 6.96. The molecule has 1 aliphatic rings. The van der Waals surface area contributed by atoms with Crippen LogP contribution in [0.4, 0.5) is 0 Å². The number of aromatic nitrogens is 1. The number of thiazole rings is 1. The summed E-state index contributed by atoms with van der Waals surface area (Å²) in [6.45, 7) is 9.78. The molecule has 1 aromatic heterocycles. The normalized spacial score (nSPS) is 22.9. The van der Waals surface area contributed by atoms with Crippen molar-refractivity contribution < 1.29 is 0 Å². The summed E-state index contributed by atoms with van der Waals surface area (Å²) >= 11 is 1.78. The molecule has 17 heavy (non-hydrogen) atoms. The second-order valence-electron chi connectivity index (χ2n) is 6.01. The Hall–Kier alpha value is -0.450. The van der Waals surface area contributed by atoms with Gasteiger partial charge in [0.15, 0.2) is 0 Å². The third-order valence-corrected chi connectivity index (χ3v) is 4.05. The lowest BCUT2D eigenvalue weighted by Crippen LogP contribution is -2.42. The molecule has 1 aliphatic heterocycles. The first-order chi connectivity index (χ1) is 7.95. The summed E-state index contributed by atoms with van der Waals surface area (Å²) in [6, 6.07) is 0.353. The van der Waals surface area contributed by atoms with Crippen molar-refractivity contribution in [2.45, 2.75) is 51.6 Å². The van der Waals surface area contributed by atoms with Crippen LogP contribution in [0.1, 0.15) is 44.3 Å². The van der Waals surface area contributed by atoms with Crippen molar-refractivity contribution in [3.05, 3.63) is 16.1 Å². The second kappa shape index (κ2) is 5.04. The highest BCUT2D eigenvalue weighted by Gasteiger charge is 2.20. The average molecular weight is 253 g/mol. The number of likely N-dealkylation sites (tertiary alicyclic amines) is 1. The van der Waals surface area contributed by atoms with E-state index >= 15 is 0 Å². The summed E-state index contributed by atoms with van der Waals surface area (Å²) in [4.78, 5) is 7.17. The minimum Gasteiger partial charge on any atom is -0.327 e. The number of hydrogen-bond donors (Lipinski definition) is 1. The smallest absolute Gasteiger partial charge is 0.107 e. The van der Waals surface area contributed by atoms with Gasteiger partial charge in [0.25, 0.3) is 0 Å². The summed E-state index contributed by atoms with van der Waals surface area (Å²) in [6.07, 6.45) is 2.39. The lowest BCUT2D eigenvalue weighted by atomic mass is 9.93. The molecule has 2 rings (SSSR count). The van der Waals surface area contributed by atoms with Crippen LogP contribution in [0.3, 0.4) is 0 Å². The van der Waals surface area contributed by atoms with Crippen molar-refractivity contribution in [3.63, 3.8) is 0 Å². The van der Waals surface area contributed by atoms with Gasteiger partial charge in [0.2, 0.25) is 0 Å². The summed E-state index contributed by atoms with van der Waals surface area (Å²) in [5.41, 5.74) is 7.36. The van der Waals surface area contributed by atoms with E-state index in [1.807, 2.05) is 0 Å². The molecule has 1 atom stereocenters. The summed E-state index contributed by atoms with van der Waals surface area (Å²) in [5, 5.41) is 3.42. The number of nitrogens with zero attached hydrogens (tertiary/aromatic N) is 2. The standard InChI is InChI=1S/C13H23N3S/c1-13(2,3)11-9-17-12(15-11)8-16-6-4-5-10(14)7-16/h9-10H,4-8,14H2,1-3H3. The fourth-order valence-electron chi connectivity index (χ4n) is 2.15. The van der Waals surface area contributed by atoms with E-state index in [1.54, 1.807) is 11.3 Å². The first kappa shape index (κ1) is 13.0. The molecule has 1 unspecified atom stereocenters. The van der Waals surface area contributed by atoms with E-state index < -0.39 is 0 Å². The molecule has 1 fully saturated rings. The van der Waals surface area contributed by atoms with Gasteiger partial charge in [-0.1, -0.05) is 20.8 Å². The molecule has 0 saturated carbocycles. The van der Waals surface area contributed by atoms with Crippen LogP contribution in [-0.2, 0) is 12.0 Å². The number of rotatable bonds is 2. The Morgan fingerprint density at radius 1 is 1.53 bits per heavy atom. The molecule has 0 radical (unpaired) electrons. The Labute approximate surface area is 108 Å². The highest BCUT2D eigenvalue weighted by atomic mass is 32.1. The van der Waals surface area contributed by atoms with Gasteiger partial charge in [0.1, 0.15) is 5.01 Å². The highest BCUT2D eigenvalue weighted by Crippen LogP contribution is 2.25. The van der Waals surface area contributed by atoms with Crippen LogP contribution in [0.2, 0.25) is 0 Å². The molecule has 0 aliphatic carbocycles. The van der Waals surface area contributed by atoms with Crippen molar-refractivity contribution in [1.82, 2.24) is 9.88 Å². The largest absolute Gasteiger partial charge is 0.327 e. The molecule has 0 bridgehead atoms. The van der Waals surface area contributed by atoms with Crippen molar-refractivity contribution in [1.29, 1.82) is 0 Å². The van der Waals surface area contributed by atoms with E-state index in [0.717, 1.165) is 19.6 Å². The van der Waals surface area contributed by atoms with Gasteiger partial charge in [-0.3, -0.25) is 4.90 Å². The molecule has 0 aromatic carbocycles. The molecule has 3 nitrogen and oxygen atoms in total. The molecule has 1 aromatic rings. The van der Waals surface area contributed by atoms with Crippen LogP contribution in [0.25, 0.3) is 0 Å². The Morgan fingerprint density at radius 3 is 2.88 bits per heavy atom. The van der Waals surface area contributed by atoms with E-state index in [2.05, 4.69) is 31.1 Å². The predicted octanol–water partition coefficient (Wildman–Crippen LogP) is 2.36. The Bertz CT molecular complexity index is 367. The predicted molar refractivity (Wildman–Crippen MR) is 73.3 cm³/mol. The molecule has 4 heteroatoms. The molecule has 2 heterocycles. The van der Waals surface area contributed by atoms with Crippen LogP contribution in [-0.4, -0.2) is 29.0 Å². The zero-order chi connectivity index (χ0) is 12.5. The maximum Gasteiger partial charge on any atom is 0.107 e. The lowest BCUT2D eigenvalue weighted by Gasteiger charge is -2.29. The molecule has 96 valence electrons. The van der Waals surface area contributed by atoms with Gasteiger partial charge in [-0.25, -0.2) is 4.98 Å². The SMILES string of the molecule is CC(C)(C)c1csc(CN2CCCC(N)C2)n1. The van der Waals surface area contributed by atoms with Crippen LogP contribution in [0.5, 0.6) is 0 Å². The van der Waals surface area contributed by atoms with Crippen LogP contribution in [0, 0.1) is 0 Å². The topological polar surface area (TPSA) is 42.1 Å². The Morgan fingerprint density at radius 2 is 2.29 bits per heavy atom. The molecular weight excluding hydrogens is 230 g/mol. The third kappa shape index (κ3) is 3.50. The maximum atomic E-state index is 5.99. The van der Waals surface area contributed by atoms with E-state index in [-0.39, 0.29) is 5.41 Å². The molecule has 1 saturated heterocycles. The van der Waals surface area contributed by atoms with Crippen LogP contribution < -0.4 is 5.73 Å². The molecular formula is C13H23N3S. The quantitative estimate of drug-likeness (QED) is 0.880. The minimum atomic E-state index is 0.160. The van der Waals surface area contributed by atoms with Crippen molar-refractivity contribution >= 4 is 11.3 Å². The van der Waals surface area contributed by atoms with Crippen molar-refractivity contribution in [2.75, 3.05) is 13.1 Å². The Balaban J connectivity index is 1.97. The third-order valence-electron chi connectivity index (χ3n) is 3.22. The van der Waals surface area contributed by atoms with E-state index in [9.17, 15) is 0 Å². The number of hydrogen-bond acceptors (Lipinski definition) is 4. The fraction of sp³-hybridized carbons (Fsp3) is 0.769. The van der Waals surface area contributed by atoms with E-state index in [0.29, 0.717) is 6.04 Å². The fourth-order valence-corrected chi connectivity index (χ4v) is 3.22. The van der Waals surface area contributed by atoms with Crippen LogP contribution in [0.15, 0.2) is 5.38 Å². The number of nitrogens with two attached hydrogens (primary N) is 1. The first-order valence-corrected chi connectivity index (χ1v) is 7.26. The van der Waals surface area contributed by atoms with Gasteiger partial charge >= 0.3 is 0 Å². The average Bonchev–Trinajstić information content (AvgIpc) is 2.65. The van der Waals surface area contributed by atoms with Gasteiger partial charge in [-0.15, -0.1) is 11.3 Å². The van der Waals surface area contributed by atoms with Crippen molar-refractivity contribution in [3.8, 4) is 0 Å². The summed E-state index contributed by atoms with van der Waals surface area (Å²) in [5.74, 6) is 0. The molecule has 0 spiro atoms. The van der Waals surface area contributed by atoms with Gasteiger partial charge in [0, 0.05) is 23.4 Å². The minimum absolute atomic E-state index is 0.160. The van der Waals surface area contributed by atoms with Crippen molar-refractivity contribution in [2.24, 2.45) is 5.73 Å². The van der Waals surface area contributed by atoms with E-state index in [1.165, 1.54) is 23.5 Å². The van der Waals surface area contributed by atoms with Gasteiger partial charge < -0.3 is 5.73 Å². The highest BCUT2D eigenvalue weighted by molar-refractivity contribution is 7.09. The van der Waals surface area contributed by atoms with E-state index in [4.69, 9.17) is 10.7 Å². The zero-order valence-electron chi connectivity index (χ0n) is 11.1. The monoisotopic (exact) mass is 253 g/mol. The van der Waals surface area contributed by atoms with Gasteiger partial charge in [-0.2, -0.15) is 0 Å². The van der Waals surface area contributed by atoms with Gasteiger partial charge in [0.05, 0.1) is 12.2 Å². The Kier molecular flexibility index (Phi) is 3.85. The van der Waals surface area contributed by atoms with Crippen LogP contribution >= 0.6 is 11.3 Å². The summed E-state index contributed by atoms with van der Waals surface area (Å²) < 4.78 is 0. The number of piperidine rings is 1. The summed E-state index contributed by atoms with van der Waals surface area (Å²) in [7, 11) is 0. The molecule has 0 amide bonds. The zero-order valence-corrected chi connectivity index (χ0v) is 11.9. The first-order valence-electron chi connectivity index (χ1n) is 6.38.